The Bertz CT molecular complexity index is 678. The number of thiocarbonyl (C=S) groups is 1. The van der Waals surface area contributed by atoms with Crippen LogP contribution in [0.1, 0.15) is 20.8 Å². The van der Waals surface area contributed by atoms with Crippen molar-refractivity contribution in [1.82, 2.24) is 5.32 Å². The van der Waals surface area contributed by atoms with Crippen molar-refractivity contribution in [2.75, 3.05) is 23.1 Å². The van der Waals surface area contributed by atoms with Crippen molar-refractivity contribution in [2.24, 2.45) is 0 Å². The van der Waals surface area contributed by atoms with Gasteiger partial charge in [0.05, 0.1) is 24.6 Å². The first kappa shape index (κ1) is 20.2. The fourth-order valence-electron chi connectivity index (χ4n) is 1.68. The zero-order chi connectivity index (χ0) is 19.0. The number of nitrogens with one attached hydrogen (secondary N) is 4. The minimum Gasteiger partial charge on any atom is -0.453 e. The molecule has 0 bridgehead atoms. The van der Waals surface area contributed by atoms with Crippen LogP contribution in [0.4, 0.5) is 26.7 Å². The summed E-state index contributed by atoms with van der Waals surface area (Å²) < 4.78 is 9.44. The molecule has 0 atom stereocenters. The lowest BCUT2D eigenvalue weighted by molar-refractivity contribution is -0.114. The largest absolute Gasteiger partial charge is 0.453 e. The standard InChI is InChI=1S/C15H20N4O5S/c1-8(2)24-15(22)17-10-5-6-11(16-9(3)20)12(7-10)18-13(25)19-14(21)23-4/h5-8H,1-4H3,(H,16,20)(H,17,22)(H2,18,19,21,25). The van der Waals surface area contributed by atoms with Crippen LogP contribution in [0, 0.1) is 0 Å². The summed E-state index contributed by atoms with van der Waals surface area (Å²) in [6.45, 7) is 4.80. The maximum Gasteiger partial charge on any atom is 0.413 e. The maximum atomic E-state index is 11.7. The molecule has 25 heavy (non-hydrogen) atoms. The molecule has 0 aliphatic carbocycles. The van der Waals surface area contributed by atoms with Crippen molar-refractivity contribution in [1.29, 1.82) is 0 Å². The number of carbonyl (C=O) groups is 3. The molecule has 1 aromatic rings. The van der Waals surface area contributed by atoms with Gasteiger partial charge in [-0.05, 0) is 44.3 Å². The number of alkyl carbamates (subject to hydrolysis) is 1. The monoisotopic (exact) mass is 368 g/mol. The predicted molar refractivity (Wildman–Crippen MR) is 97.7 cm³/mol. The number of hydrogen-bond acceptors (Lipinski definition) is 6. The molecular weight excluding hydrogens is 348 g/mol. The first-order chi connectivity index (χ1) is 11.7. The molecule has 0 unspecified atom stereocenters. The fourth-order valence-corrected chi connectivity index (χ4v) is 1.88. The lowest BCUT2D eigenvalue weighted by Crippen LogP contribution is -2.34. The minimum absolute atomic E-state index is 0.0413. The minimum atomic E-state index is -0.742. The van der Waals surface area contributed by atoms with Crippen molar-refractivity contribution in [3.05, 3.63) is 18.2 Å². The molecule has 0 radical (unpaired) electrons. The summed E-state index contributed by atoms with van der Waals surface area (Å²) in [7, 11) is 1.20. The van der Waals surface area contributed by atoms with Gasteiger partial charge in [-0.3, -0.25) is 15.4 Å². The lowest BCUT2D eigenvalue weighted by Gasteiger charge is -2.16. The van der Waals surface area contributed by atoms with Gasteiger partial charge in [0, 0.05) is 12.6 Å². The van der Waals surface area contributed by atoms with E-state index < -0.39 is 12.2 Å². The molecule has 10 heteroatoms. The van der Waals surface area contributed by atoms with Gasteiger partial charge in [0.15, 0.2) is 5.11 Å². The highest BCUT2D eigenvalue weighted by Crippen LogP contribution is 2.26. The Kier molecular flexibility index (Phi) is 7.60. The maximum absolute atomic E-state index is 11.7. The number of rotatable bonds is 4. The third-order valence-corrected chi connectivity index (χ3v) is 2.77. The van der Waals surface area contributed by atoms with Crippen molar-refractivity contribution in [3.8, 4) is 0 Å². The Balaban J connectivity index is 2.97. The molecule has 1 aromatic carbocycles. The fraction of sp³-hybridized carbons (Fsp3) is 0.333. The highest BCUT2D eigenvalue weighted by molar-refractivity contribution is 7.80. The van der Waals surface area contributed by atoms with E-state index >= 15 is 0 Å². The van der Waals surface area contributed by atoms with Gasteiger partial charge < -0.3 is 20.1 Å². The number of anilines is 3. The second kappa shape index (κ2) is 9.42. The molecule has 1 rings (SSSR count). The first-order valence-corrected chi connectivity index (χ1v) is 7.67. The summed E-state index contributed by atoms with van der Waals surface area (Å²) >= 11 is 4.99. The molecule has 0 saturated heterocycles. The van der Waals surface area contributed by atoms with Crippen LogP contribution in [0.3, 0.4) is 0 Å². The Morgan fingerprint density at radius 3 is 2.28 bits per heavy atom. The van der Waals surface area contributed by atoms with E-state index in [1.165, 1.54) is 20.1 Å². The van der Waals surface area contributed by atoms with E-state index in [-0.39, 0.29) is 17.1 Å². The van der Waals surface area contributed by atoms with E-state index in [0.29, 0.717) is 17.1 Å². The van der Waals surface area contributed by atoms with Crippen LogP contribution in [0.5, 0.6) is 0 Å². The van der Waals surface area contributed by atoms with Gasteiger partial charge in [0.2, 0.25) is 5.91 Å². The Hall–Kier alpha value is -2.88. The second-order valence-corrected chi connectivity index (χ2v) is 5.50. The van der Waals surface area contributed by atoms with Crippen LogP contribution in [-0.4, -0.2) is 36.4 Å². The zero-order valence-corrected chi connectivity index (χ0v) is 15.1. The highest BCUT2D eigenvalue weighted by Gasteiger charge is 2.12. The van der Waals surface area contributed by atoms with Gasteiger partial charge >= 0.3 is 12.2 Å². The topological polar surface area (TPSA) is 118 Å². The summed E-state index contributed by atoms with van der Waals surface area (Å²) in [5, 5.41) is 10.1. The van der Waals surface area contributed by atoms with Gasteiger partial charge in [-0.1, -0.05) is 0 Å². The van der Waals surface area contributed by atoms with E-state index in [1.54, 1.807) is 26.0 Å². The summed E-state index contributed by atoms with van der Waals surface area (Å²) in [6, 6.07) is 4.67. The van der Waals surface area contributed by atoms with Crippen LogP contribution < -0.4 is 21.3 Å². The van der Waals surface area contributed by atoms with Crippen LogP contribution in [0.15, 0.2) is 18.2 Å². The summed E-state index contributed by atoms with van der Waals surface area (Å²) in [6.07, 6.45) is -1.63. The van der Waals surface area contributed by atoms with Gasteiger partial charge in [0.1, 0.15) is 0 Å². The van der Waals surface area contributed by atoms with E-state index in [9.17, 15) is 14.4 Å². The number of methoxy groups -OCH3 is 1. The van der Waals surface area contributed by atoms with Crippen molar-refractivity contribution >= 4 is 52.5 Å². The van der Waals surface area contributed by atoms with E-state index in [0.717, 1.165) is 0 Å². The Labute approximate surface area is 150 Å². The van der Waals surface area contributed by atoms with Crippen LogP contribution in [0.25, 0.3) is 0 Å². The molecule has 3 amide bonds. The molecule has 0 heterocycles. The Morgan fingerprint density at radius 2 is 1.72 bits per heavy atom. The van der Waals surface area contributed by atoms with Gasteiger partial charge in [-0.25, -0.2) is 9.59 Å². The van der Waals surface area contributed by atoms with Gasteiger partial charge in [0.25, 0.3) is 0 Å². The summed E-state index contributed by atoms with van der Waals surface area (Å²) in [4.78, 5) is 34.2. The van der Waals surface area contributed by atoms with Crippen molar-refractivity contribution in [2.45, 2.75) is 26.9 Å². The number of ether oxygens (including phenoxy) is 2. The molecule has 0 fully saturated rings. The zero-order valence-electron chi connectivity index (χ0n) is 14.3. The molecular formula is C15H20N4O5S. The third-order valence-electron chi connectivity index (χ3n) is 2.57. The quantitative estimate of drug-likeness (QED) is 0.603. The van der Waals surface area contributed by atoms with E-state index in [1.807, 2.05) is 0 Å². The van der Waals surface area contributed by atoms with Gasteiger partial charge in [-0.2, -0.15) is 0 Å². The normalized spacial score (nSPS) is 9.80. The first-order valence-electron chi connectivity index (χ1n) is 7.26. The molecule has 0 aliphatic heterocycles. The van der Waals surface area contributed by atoms with Crippen LogP contribution in [0.2, 0.25) is 0 Å². The molecule has 0 saturated carbocycles. The Morgan fingerprint density at radius 1 is 1.04 bits per heavy atom. The average molecular weight is 368 g/mol. The van der Waals surface area contributed by atoms with Crippen LogP contribution in [-0.2, 0) is 14.3 Å². The molecule has 9 nitrogen and oxygen atoms in total. The molecule has 0 aliphatic rings. The third kappa shape index (κ3) is 7.48. The second-order valence-electron chi connectivity index (χ2n) is 5.09. The molecule has 4 N–H and O–H groups in total. The lowest BCUT2D eigenvalue weighted by atomic mass is 10.2. The predicted octanol–water partition coefficient (Wildman–Crippen LogP) is 2.65. The van der Waals surface area contributed by atoms with Crippen molar-refractivity contribution < 1.29 is 23.9 Å². The molecule has 0 aromatic heterocycles. The highest BCUT2D eigenvalue weighted by atomic mass is 32.1. The number of carbonyl (C=O) groups excluding carboxylic acids is 3. The molecule has 136 valence electrons. The smallest absolute Gasteiger partial charge is 0.413 e. The van der Waals surface area contributed by atoms with Crippen LogP contribution >= 0.6 is 12.2 Å². The number of amides is 3. The van der Waals surface area contributed by atoms with E-state index in [2.05, 4.69) is 26.0 Å². The summed E-state index contributed by atoms with van der Waals surface area (Å²) in [5.74, 6) is -0.296. The van der Waals surface area contributed by atoms with Gasteiger partial charge in [-0.15, -0.1) is 0 Å². The summed E-state index contributed by atoms with van der Waals surface area (Å²) in [5.41, 5.74) is 1.17. The number of hydrogen-bond donors (Lipinski definition) is 4. The SMILES string of the molecule is COC(=O)NC(=S)Nc1cc(NC(=O)OC(C)C)ccc1NC(C)=O. The van der Waals surface area contributed by atoms with Crippen molar-refractivity contribution in [3.63, 3.8) is 0 Å². The number of benzene rings is 1. The van der Waals surface area contributed by atoms with E-state index in [4.69, 9.17) is 17.0 Å². The average Bonchev–Trinajstić information content (AvgIpc) is 2.48. The molecule has 0 spiro atoms.